The molecule has 4 heteroatoms. The molecule has 1 aliphatic carbocycles. The van der Waals surface area contributed by atoms with Crippen molar-refractivity contribution in [2.75, 3.05) is 12.4 Å². The summed E-state index contributed by atoms with van der Waals surface area (Å²) in [6.45, 7) is 2.59. The van der Waals surface area contributed by atoms with Crippen molar-refractivity contribution in [3.63, 3.8) is 0 Å². The van der Waals surface area contributed by atoms with Crippen molar-refractivity contribution >= 4 is 23.6 Å². The highest BCUT2D eigenvalue weighted by Crippen LogP contribution is 2.39. The van der Waals surface area contributed by atoms with Crippen molar-refractivity contribution in [3.05, 3.63) is 40.2 Å². The molecule has 0 radical (unpaired) electrons. The number of benzene rings is 1. The van der Waals surface area contributed by atoms with Gasteiger partial charge in [0.1, 0.15) is 11.3 Å². The molecule has 0 saturated heterocycles. The van der Waals surface area contributed by atoms with Crippen molar-refractivity contribution in [3.8, 4) is 5.75 Å². The van der Waals surface area contributed by atoms with E-state index in [1.807, 2.05) is 25.1 Å². The summed E-state index contributed by atoms with van der Waals surface area (Å²) in [5.41, 5.74) is 1.39. The van der Waals surface area contributed by atoms with Crippen molar-refractivity contribution in [1.82, 2.24) is 0 Å². The molecule has 0 aliphatic heterocycles. The fraction of sp³-hybridized carbons (Fsp3) is 0.471. The van der Waals surface area contributed by atoms with Crippen LogP contribution in [0.25, 0.3) is 11.0 Å². The van der Waals surface area contributed by atoms with E-state index in [4.69, 9.17) is 9.15 Å². The molecule has 1 fully saturated rings. The van der Waals surface area contributed by atoms with Gasteiger partial charge >= 0.3 is 5.63 Å². The molecule has 3 rings (SSSR count). The molecule has 1 heterocycles. The van der Waals surface area contributed by atoms with Crippen LogP contribution < -0.4 is 10.4 Å². The molecular formula is C17H20O3S. The van der Waals surface area contributed by atoms with Gasteiger partial charge < -0.3 is 9.15 Å². The van der Waals surface area contributed by atoms with Crippen LogP contribution in [0.15, 0.2) is 33.5 Å². The first-order chi connectivity index (χ1) is 10.1. The van der Waals surface area contributed by atoms with Crippen molar-refractivity contribution in [2.45, 2.75) is 32.6 Å². The predicted molar refractivity (Wildman–Crippen MR) is 87.5 cm³/mol. The normalized spacial score (nSPS) is 17.2. The zero-order chi connectivity index (χ0) is 14.9. The van der Waals surface area contributed by atoms with Crippen LogP contribution in [0.1, 0.15) is 31.2 Å². The Bertz CT molecular complexity index is 699. The van der Waals surface area contributed by atoms with Crippen LogP contribution >= 0.6 is 12.6 Å². The fourth-order valence-electron chi connectivity index (χ4n) is 3.10. The van der Waals surface area contributed by atoms with E-state index in [0.29, 0.717) is 12.2 Å². The van der Waals surface area contributed by atoms with Crippen LogP contribution in [0.2, 0.25) is 0 Å². The van der Waals surface area contributed by atoms with Crippen molar-refractivity contribution in [2.24, 2.45) is 5.41 Å². The van der Waals surface area contributed by atoms with E-state index in [2.05, 4.69) is 12.6 Å². The first-order valence-corrected chi connectivity index (χ1v) is 8.03. The average molecular weight is 304 g/mol. The zero-order valence-electron chi connectivity index (χ0n) is 12.2. The Kier molecular flexibility index (Phi) is 3.98. The van der Waals surface area contributed by atoms with Gasteiger partial charge in [-0.2, -0.15) is 12.6 Å². The Hall–Kier alpha value is -1.42. The Labute approximate surface area is 129 Å². The summed E-state index contributed by atoms with van der Waals surface area (Å²) >= 11 is 4.49. The van der Waals surface area contributed by atoms with E-state index >= 15 is 0 Å². The molecular weight excluding hydrogens is 284 g/mol. The fourth-order valence-corrected chi connectivity index (χ4v) is 3.51. The minimum absolute atomic E-state index is 0.200. The predicted octanol–water partition coefficient (Wildman–Crippen LogP) is 3.97. The van der Waals surface area contributed by atoms with Gasteiger partial charge in [0.05, 0.1) is 6.61 Å². The molecule has 0 bridgehead atoms. The lowest BCUT2D eigenvalue weighted by Gasteiger charge is -2.26. The van der Waals surface area contributed by atoms with Crippen LogP contribution in [0.4, 0.5) is 0 Å². The minimum atomic E-state index is -0.320. The molecule has 0 N–H and O–H groups in total. The first kappa shape index (κ1) is 14.5. The summed E-state index contributed by atoms with van der Waals surface area (Å²) in [5.74, 6) is 1.61. The second-order valence-electron chi connectivity index (χ2n) is 6.06. The maximum Gasteiger partial charge on any atom is 0.336 e. The standard InChI is InChI=1S/C17H20O3S/c1-12-8-16(18)20-15-9-13(4-5-14(12)15)19-10-17(11-21)6-2-3-7-17/h4-5,8-9,21H,2-3,6-7,10-11H2,1H3. The molecule has 1 aromatic carbocycles. The highest BCUT2D eigenvalue weighted by Gasteiger charge is 2.33. The Morgan fingerprint density at radius 2 is 2.05 bits per heavy atom. The van der Waals surface area contributed by atoms with Gasteiger partial charge in [-0.15, -0.1) is 0 Å². The lowest BCUT2D eigenvalue weighted by Crippen LogP contribution is -2.27. The largest absolute Gasteiger partial charge is 0.493 e. The van der Waals surface area contributed by atoms with Gasteiger partial charge in [-0.1, -0.05) is 12.8 Å². The molecule has 0 amide bonds. The third-order valence-corrected chi connectivity index (χ3v) is 5.14. The number of aryl methyl sites for hydroxylation is 1. The third kappa shape index (κ3) is 2.95. The van der Waals surface area contributed by atoms with E-state index in [1.165, 1.54) is 31.7 Å². The van der Waals surface area contributed by atoms with Gasteiger partial charge in [0.2, 0.25) is 0 Å². The summed E-state index contributed by atoms with van der Waals surface area (Å²) < 4.78 is 11.2. The molecule has 0 spiro atoms. The van der Waals surface area contributed by atoms with Gasteiger partial charge in [-0.3, -0.25) is 0 Å². The molecule has 1 aliphatic rings. The van der Waals surface area contributed by atoms with E-state index in [-0.39, 0.29) is 11.0 Å². The number of hydrogen-bond donors (Lipinski definition) is 1. The van der Waals surface area contributed by atoms with E-state index in [1.54, 1.807) is 0 Å². The second-order valence-corrected chi connectivity index (χ2v) is 6.38. The highest BCUT2D eigenvalue weighted by molar-refractivity contribution is 7.80. The van der Waals surface area contributed by atoms with Crippen LogP contribution in [0, 0.1) is 12.3 Å². The number of thiol groups is 1. The minimum Gasteiger partial charge on any atom is -0.493 e. The Morgan fingerprint density at radius 3 is 2.76 bits per heavy atom. The zero-order valence-corrected chi connectivity index (χ0v) is 13.1. The lowest BCUT2D eigenvalue weighted by atomic mass is 9.90. The highest BCUT2D eigenvalue weighted by atomic mass is 32.1. The Morgan fingerprint density at radius 1 is 1.29 bits per heavy atom. The van der Waals surface area contributed by atoms with E-state index < -0.39 is 0 Å². The number of ether oxygens (including phenoxy) is 1. The molecule has 21 heavy (non-hydrogen) atoms. The van der Waals surface area contributed by atoms with E-state index in [0.717, 1.165) is 22.5 Å². The summed E-state index contributed by atoms with van der Waals surface area (Å²) in [7, 11) is 0. The SMILES string of the molecule is Cc1cc(=O)oc2cc(OCC3(CS)CCCC3)ccc12. The first-order valence-electron chi connectivity index (χ1n) is 7.40. The quantitative estimate of drug-likeness (QED) is 0.686. The van der Waals surface area contributed by atoms with E-state index in [9.17, 15) is 4.79 Å². The second kappa shape index (κ2) is 5.76. The molecule has 2 aromatic rings. The number of rotatable bonds is 4. The van der Waals surface area contributed by atoms with Crippen LogP contribution in [-0.2, 0) is 0 Å². The molecule has 0 unspecified atom stereocenters. The average Bonchev–Trinajstić information content (AvgIpc) is 2.94. The molecule has 3 nitrogen and oxygen atoms in total. The number of fused-ring (bicyclic) bond motifs is 1. The van der Waals surface area contributed by atoms with Crippen LogP contribution in [0.5, 0.6) is 5.75 Å². The molecule has 112 valence electrons. The molecule has 0 atom stereocenters. The smallest absolute Gasteiger partial charge is 0.336 e. The maximum absolute atomic E-state index is 11.5. The number of hydrogen-bond acceptors (Lipinski definition) is 4. The van der Waals surface area contributed by atoms with Gasteiger partial charge in [0, 0.05) is 22.9 Å². The summed E-state index contributed by atoms with van der Waals surface area (Å²) in [6, 6.07) is 7.21. The summed E-state index contributed by atoms with van der Waals surface area (Å²) in [4.78, 5) is 11.5. The Balaban J connectivity index is 1.83. The maximum atomic E-state index is 11.5. The van der Waals surface area contributed by atoms with Gasteiger partial charge in [0.25, 0.3) is 0 Å². The van der Waals surface area contributed by atoms with Crippen molar-refractivity contribution in [1.29, 1.82) is 0 Å². The van der Waals surface area contributed by atoms with Gasteiger partial charge in [0.15, 0.2) is 0 Å². The summed E-state index contributed by atoms with van der Waals surface area (Å²) in [5, 5.41) is 0.951. The molecule has 1 saturated carbocycles. The van der Waals surface area contributed by atoms with Crippen LogP contribution in [-0.4, -0.2) is 12.4 Å². The monoisotopic (exact) mass is 304 g/mol. The topological polar surface area (TPSA) is 39.4 Å². The summed E-state index contributed by atoms with van der Waals surface area (Å²) in [6.07, 6.45) is 4.88. The van der Waals surface area contributed by atoms with Crippen LogP contribution in [0.3, 0.4) is 0 Å². The van der Waals surface area contributed by atoms with Gasteiger partial charge in [-0.25, -0.2) is 4.79 Å². The lowest BCUT2D eigenvalue weighted by molar-refractivity contribution is 0.173. The third-order valence-electron chi connectivity index (χ3n) is 4.47. The van der Waals surface area contributed by atoms with Gasteiger partial charge in [-0.05, 0) is 43.2 Å². The van der Waals surface area contributed by atoms with Crippen molar-refractivity contribution < 1.29 is 9.15 Å². The molecule has 1 aromatic heterocycles.